The molecule has 1 aromatic heterocycles. The molecule has 1 aromatic rings. The Balaban J connectivity index is 2.17. The van der Waals surface area contributed by atoms with Gasteiger partial charge in [0.15, 0.2) is 0 Å². The number of nitrogens with one attached hydrogen (secondary N) is 1. The average Bonchev–Trinajstić information content (AvgIpc) is 2.44. The molecule has 0 saturated heterocycles. The molecule has 0 aromatic carbocycles. The Hall–Kier alpha value is -1.03. The molecule has 86 valence electrons. The molecule has 0 atom stereocenters. The van der Waals surface area contributed by atoms with Crippen molar-refractivity contribution in [2.45, 2.75) is 20.8 Å². The predicted octanol–water partition coefficient (Wildman–Crippen LogP) is 1.81. The minimum Gasteiger partial charge on any atom is -0.379 e. The van der Waals surface area contributed by atoms with Gasteiger partial charge in [-0.25, -0.2) is 4.98 Å². The molecule has 0 unspecified atom stereocenters. The molecule has 4 heteroatoms. The van der Waals surface area contributed by atoms with Crippen LogP contribution in [-0.4, -0.2) is 29.3 Å². The van der Waals surface area contributed by atoms with Crippen LogP contribution in [0.4, 0.5) is 5.95 Å². The van der Waals surface area contributed by atoms with Crippen LogP contribution in [0.1, 0.15) is 19.5 Å². The van der Waals surface area contributed by atoms with Gasteiger partial charge in [-0.15, -0.1) is 0 Å². The molecule has 0 saturated carbocycles. The molecule has 1 N–H and O–H groups in total. The molecule has 0 radical (unpaired) electrons. The first-order chi connectivity index (χ1) is 7.09. The molecular formula is C11H21N3O. The fourth-order valence-corrected chi connectivity index (χ4v) is 1.33. The minimum atomic E-state index is 0.598. The molecule has 4 nitrogen and oxygen atoms in total. The van der Waals surface area contributed by atoms with Crippen LogP contribution >= 0.6 is 0 Å². The third-order valence-electron chi connectivity index (χ3n) is 1.98. The van der Waals surface area contributed by atoms with Crippen LogP contribution in [-0.2, 0) is 11.8 Å². The molecule has 0 spiro atoms. The SMILES string of the molecule is Cc1cn(C)c(NCCOCC(C)C)n1. The van der Waals surface area contributed by atoms with Crippen LogP contribution in [0, 0.1) is 12.8 Å². The van der Waals surface area contributed by atoms with Crippen LogP contribution in [0.15, 0.2) is 6.20 Å². The number of rotatable bonds is 6. The molecule has 0 bridgehead atoms. The van der Waals surface area contributed by atoms with Crippen molar-refractivity contribution < 1.29 is 4.74 Å². The van der Waals surface area contributed by atoms with E-state index in [1.54, 1.807) is 0 Å². The predicted molar refractivity (Wildman–Crippen MR) is 62.1 cm³/mol. The lowest BCUT2D eigenvalue weighted by Gasteiger charge is -2.08. The normalized spacial score (nSPS) is 11.0. The van der Waals surface area contributed by atoms with E-state index in [1.807, 2.05) is 24.7 Å². The van der Waals surface area contributed by atoms with Gasteiger partial charge < -0.3 is 14.6 Å². The molecule has 15 heavy (non-hydrogen) atoms. The molecule has 1 rings (SSSR count). The largest absolute Gasteiger partial charge is 0.379 e. The average molecular weight is 211 g/mol. The first-order valence-corrected chi connectivity index (χ1v) is 5.41. The highest BCUT2D eigenvalue weighted by atomic mass is 16.5. The van der Waals surface area contributed by atoms with Crippen LogP contribution in [0.2, 0.25) is 0 Å². The maximum atomic E-state index is 5.46. The topological polar surface area (TPSA) is 39.1 Å². The van der Waals surface area contributed by atoms with Crippen molar-refractivity contribution in [3.05, 3.63) is 11.9 Å². The summed E-state index contributed by atoms with van der Waals surface area (Å²) in [5, 5.41) is 3.23. The van der Waals surface area contributed by atoms with Gasteiger partial charge in [0, 0.05) is 26.4 Å². The number of hydrogen-bond acceptors (Lipinski definition) is 3. The Morgan fingerprint density at radius 2 is 2.27 bits per heavy atom. The summed E-state index contributed by atoms with van der Waals surface area (Å²) in [7, 11) is 1.98. The van der Waals surface area contributed by atoms with Gasteiger partial charge in [0.2, 0.25) is 5.95 Å². The Labute approximate surface area is 91.7 Å². The number of ether oxygens (including phenoxy) is 1. The van der Waals surface area contributed by atoms with E-state index < -0.39 is 0 Å². The van der Waals surface area contributed by atoms with E-state index in [2.05, 4.69) is 24.1 Å². The lowest BCUT2D eigenvalue weighted by atomic mass is 10.2. The fraction of sp³-hybridized carbons (Fsp3) is 0.727. The van der Waals surface area contributed by atoms with E-state index in [-0.39, 0.29) is 0 Å². The summed E-state index contributed by atoms with van der Waals surface area (Å²) in [5.41, 5.74) is 1.03. The van der Waals surface area contributed by atoms with Gasteiger partial charge in [0.25, 0.3) is 0 Å². The Kier molecular flexibility index (Phi) is 4.62. The van der Waals surface area contributed by atoms with E-state index in [4.69, 9.17) is 4.74 Å². The monoisotopic (exact) mass is 211 g/mol. The number of anilines is 1. The summed E-state index contributed by atoms with van der Waals surface area (Å²) in [4.78, 5) is 4.34. The number of nitrogens with zero attached hydrogens (tertiary/aromatic N) is 2. The van der Waals surface area contributed by atoms with Crippen LogP contribution < -0.4 is 5.32 Å². The maximum absolute atomic E-state index is 5.46. The van der Waals surface area contributed by atoms with Gasteiger partial charge in [0.1, 0.15) is 0 Å². The molecule has 0 amide bonds. The highest BCUT2D eigenvalue weighted by Gasteiger charge is 2.00. The van der Waals surface area contributed by atoms with Gasteiger partial charge in [0.05, 0.1) is 12.3 Å². The third-order valence-corrected chi connectivity index (χ3v) is 1.98. The van der Waals surface area contributed by atoms with Crippen LogP contribution in [0.3, 0.4) is 0 Å². The van der Waals surface area contributed by atoms with Gasteiger partial charge in [-0.1, -0.05) is 13.8 Å². The summed E-state index contributed by atoms with van der Waals surface area (Å²) >= 11 is 0. The third kappa shape index (κ3) is 4.34. The highest BCUT2D eigenvalue weighted by molar-refractivity contribution is 5.27. The number of aromatic nitrogens is 2. The van der Waals surface area contributed by atoms with Crippen molar-refractivity contribution in [1.29, 1.82) is 0 Å². The maximum Gasteiger partial charge on any atom is 0.202 e. The van der Waals surface area contributed by atoms with Crippen LogP contribution in [0.5, 0.6) is 0 Å². The minimum absolute atomic E-state index is 0.598. The summed E-state index contributed by atoms with van der Waals surface area (Å²) in [6.07, 6.45) is 2.00. The zero-order valence-corrected chi connectivity index (χ0v) is 10.1. The number of imidazole rings is 1. The second-order valence-electron chi connectivity index (χ2n) is 4.21. The number of hydrogen-bond donors (Lipinski definition) is 1. The molecular weight excluding hydrogens is 190 g/mol. The smallest absolute Gasteiger partial charge is 0.202 e. The lowest BCUT2D eigenvalue weighted by molar-refractivity contribution is 0.118. The van der Waals surface area contributed by atoms with E-state index in [0.29, 0.717) is 5.92 Å². The summed E-state index contributed by atoms with van der Waals surface area (Å²) in [6, 6.07) is 0. The molecule has 0 aliphatic heterocycles. The fourth-order valence-electron chi connectivity index (χ4n) is 1.33. The van der Waals surface area contributed by atoms with Gasteiger partial charge >= 0.3 is 0 Å². The lowest BCUT2D eigenvalue weighted by Crippen LogP contribution is -2.14. The Bertz CT molecular complexity index is 294. The van der Waals surface area contributed by atoms with Crippen molar-refractivity contribution in [3.8, 4) is 0 Å². The van der Waals surface area contributed by atoms with Crippen molar-refractivity contribution in [2.24, 2.45) is 13.0 Å². The molecule has 1 heterocycles. The molecule has 0 aliphatic rings. The molecule has 0 aliphatic carbocycles. The van der Waals surface area contributed by atoms with E-state index >= 15 is 0 Å². The second kappa shape index (κ2) is 5.75. The van der Waals surface area contributed by atoms with Gasteiger partial charge in [-0.2, -0.15) is 0 Å². The molecule has 0 fully saturated rings. The van der Waals surface area contributed by atoms with Crippen molar-refractivity contribution in [1.82, 2.24) is 9.55 Å². The van der Waals surface area contributed by atoms with Crippen molar-refractivity contribution >= 4 is 5.95 Å². The quantitative estimate of drug-likeness (QED) is 0.729. The summed E-state index contributed by atoms with van der Waals surface area (Å²) in [6.45, 7) is 8.63. The first kappa shape index (κ1) is 12.0. The number of aryl methyl sites for hydroxylation is 2. The van der Waals surface area contributed by atoms with Crippen molar-refractivity contribution in [2.75, 3.05) is 25.1 Å². The summed E-state index contributed by atoms with van der Waals surface area (Å²) < 4.78 is 7.45. The standard InChI is InChI=1S/C11H21N3O/c1-9(2)8-15-6-5-12-11-13-10(3)7-14(11)4/h7,9H,5-6,8H2,1-4H3,(H,12,13). The summed E-state index contributed by atoms with van der Waals surface area (Å²) in [5.74, 6) is 1.50. The van der Waals surface area contributed by atoms with Gasteiger partial charge in [-0.3, -0.25) is 0 Å². The van der Waals surface area contributed by atoms with E-state index in [9.17, 15) is 0 Å². The van der Waals surface area contributed by atoms with E-state index in [1.165, 1.54) is 0 Å². The van der Waals surface area contributed by atoms with Crippen molar-refractivity contribution in [3.63, 3.8) is 0 Å². The highest BCUT2D eigenvalue weighted by Crippen LogP contribution is 2.04. The van der Waals surface area contributed by atoms with Gasteiger partial charge in [-0.05, 0) is 12.8 Å². The van der Waals surface area contributed by atoms with Crippen LogP contribution in [0.25, 0.3) is 0 Å². The first-order valence-electron chi connectivity index (χ1n) is 5.41. The second-order valence-corrected chi connectivity index (χ2v) is 4.21. The van der Waals surface area contributed by atoms with E-state index in [0.717, 1.165) is 31.4 Å². The zero-order chi connectivity index (χ0) is 11.3. The Morgan fingerprint density at radius 1 is 1.53 bits per heavy atom. The Morgan fingerprint density at radius 3 is 2.80 bits per heavy atom. The zero-order valence-electron chi connectivity index (χ0n) is 10.1.